The molecule has 0 aliphatic rings. The number of hydrogen-bond acceptors (Lipinski definition) is 4. The lowest BCUT2D eigenvalue weighted by molar-refractivity contribution is -0.122. The summed E-state index contributed by atoms with van der Waals surface area (Å²) in [5.74, 6) is 0.219. The van der Waals surface area contributed by atoms with Crippen LogP contribution in [0, 0.1) is 0 Å². The van der Waals surface area contributed by atoms with Crippen LogP contribution in [0.3, 0.4) is 0 Å². The normalized spacial score (nSPS) is 10.5. The zero-order valence-corrected chi connectivity index (χ0v) is 16.2. The maximum atomic E-state index is 11.8. The molecule has 0 saturated carbocycles. The van der Waals surface area contributed by atoms with Gasteiger partial charge in [0.2, 0.25) is 5.91 Å². The van der Waals surface area contributed by atoms with Crippen LogP contribution in [-0.4, -0.2) is 18.4 Å². The number of benzene rings is 2. The molecule has 0 saturated heterocycles. The summed E-state index contributed by atoms with van der Waals surface area (Å²) < 4.78 is 6.66. The minimum atomic E-state index is -0.332. The SMILES string of the molecule is O=C(CCCOc1cccc2ccccc12)NNC(=O)c1ccc(Br)s1. The molecule has 134 valence electrons. The third-order valence-corrected chi connectivity index (χ3v) is 5.29. The Balaban J connectivity index is 1.40. The summed E-state index contributed by atoms with van der Waals surface area (Å²) in [6.07, 6.45) is 0.814. The molecule has 3 rings (SSSR count). The molecule has 2 N–H and O–H groups in total. The van der Waals surface area contributed by atoms with Crippen molar-refractivity contribution in [2.24, 2.45) is 0 Å². The highest BCUT2D eigenvalue weighted by Crippen LogP contribution is 2.25. The van der Waals surface area contributed by atoms with Crippen LogP contribution >= 0.6 is 27.3 Å². The van der Waals surface area contributed by atoms with Gasteiger partial charge in [-0.05, 0) is 45.9 Å². The third-order valence-electron chi connectivity index (χ3n) is 3.67. The number of nitrogens with one attached hydrogen (secondary N) is 2. The van der Waals surface area contributed by atoms with Crippen molar-refractivity contribution in [1.82, 2.24) is 10.9 Å². The summed E-state index contributed by atoms with van der Waals surface area (Å²) in [6.45, 7) is 0.424. The Kier molecular flexibility index (Phi) is 6.25. The van der Waals surface area contributed by atoms with E-state index in [4.69, 9.17) is 4.74 Å². The van der Waals surface area contributed by atoms with Gasteiger partial charge in [0.05, 0.1) is 15.3 Å². The molecule has 7 heteroatoms. The molecule has 2 aromatic carbocycles. The molecule has 2 amide bonds. The smallest absolute Gasteiger partial charge is 0.279 e. The summed E-state index contributed by atoms with van der Waals surface area (Å²) in [5, 5.41) is 2.17. The van der Waals surface area contributed by atoms with Gasteiger partial charge in [0.15, 0.2) is 0 Å². The highest BCUT2D eigenvalue weighted by Gasteiger charge is 2.09. The second kappa shape index (κ2) is 8.82. The molecular formula is C19H17BrN2O3S. The number of thiophene rings is 1. The molecule has 5 nitrogen and oxygen atoms in total. The number of hydrazine groups is 1. The molecule has 0 bridgehead atoms. The first-order chi connectivity index (χ1) is 12.6. The maximum absolute atomic E-state index is 11.8. The van der Waals surface area contributed by atoms with Gasteiger partial charge in [-0.3, -0.25) is 20.4 Å². The third kappa shape index (κ3) is 4.83. The average molecular weight is 433 g/mol. The fourth-order valence-electron chi connectivity index (χ4n) is 2.42. The van der Waals surface area contributed by atoms with Crippen LogP contribution in [0.2, 0.25) is 0 Å². The second-order valence-corrected chi connectivity index (χ2v) is 8.00. The molecule has 0 fully saturated rings. The lowest BCUT2D eigenvalue weighted by Crippen LogP contribution is -2.41. The van der Waals surface area contributed by atoms with E-state index in [1.165, 1.54) is 11.3 Å². The van der Waals surface area contributed by atoms with Gasteiger partial charge in [-0.25, -0.2) is 0 Å². The van der Waals surface area contributed by atoms with Gasteiger partial charge >= 0.3 is 0 Å². The standard InChI is InChI=1S/C19H17BrN2O3S/c20-17-11-10-16(26-17)19(24)22-21-18(23)9-4-12-25-15-8-3-6-13-5-1-2-7-14(13)15/h1-3,5-8,10-11H,4,9,12H2,(H,21,23)(H,22,24). The zero-order chi connectivity index (χ0) is 18.4. The highest BCUT2D eigenvalue weighted by molar-refractivity contribution is 9.11. The van der Waals surface area contributed by atoms with E-state index in [2.05, 4.69) is 26.8 Å². The van der Waals surface area contributed by atoms with Crippen molar-refractivity contribution in [3.63, 3.8) is 0 Å². The van der Waals surface area contributed by atoms with E-state index in [0.717, 1.165) is 20.3 Å². The van der Waals surface area contributed by atoms with E-state index in [-0.39, 0.29) is 18.2 Å². The fraction of sp³-hybridized carbons (Fsp3) is 0.158. The van der Waals surface area contributed by atoms with Gasteiger partial charge in [0.1, 0.15) is 5.75 Å². The summed E-state index contributed by atoms with van der Waals surface area (Å²) in [7, 11) is 0. The van der Waals surface area contributed by atoms with Crippen LogP contribution < -0.4 is 15.6 Å². The summed E-state index contributed by atoms with van der Waals surface area (Å²) in [4.78, 5) is 24.2. The van der Waals surface area contributed by atoms with Crippen molar-refractivity contribution in [3.05, 3.63) is 63.3 Å². The van der Waals surface area contributed by atoms with Crippen molar-refractivity contribution < 1.29 is 14.3 Å². The van der Waals surface area contributed by atoms with Crippen molar-refractivity contribution in [2.75, 3.05) is 6.61 Å². The monoisotopic (exact) mass is 432 g/mol. The van der Waals surface area contributed by atoms with E-state index < -0.39 is 0 Å². The number of carbonyl (C=O) groups excluding carboxylic acids is 2. The predicted octanol–water partition coefficient (Wildman–Crippen LogP) is 4.28. The largest absolute Gasteiger partial charge is 0.493 e. The number of hydrogen-bond donors (Lipinski definition) is 2. The van der Waals surface area contributed by atoms with Gasteiger partial charge in [0, 0.05) is 11.8 Å². The quantitative estimate of drug-likeness (QED) is 0.451. The highest BCUT2D eigenvalue weighted by atomic mass is 79.9. The van der Waals surface area contributed by atoms with Crippen molar-refractivity contribution in [3.8, 4) is 5.75 Å². The van der Waals surface area contributed by atoms with Crippen LogP contribution in [0.25, 0.3) is 10.8 Å². The van der Waals surface area contributed by atoms with Gasteiger partial charge < -0.3 is 4.74 Å². The lowest BCUT2D eigenvalue weighted by atomic mass is 10.1. The molecule has 1 aromatic heterocycles. The Labute approximate surface area is 163 Å². The molecule has 26 heavy (non-hydrogen) atoms. The number of carbonyl (C=O) groups is 2. The van der Waals surface area contributed by atoms with Gasteiger partial charge in [-0.1, -0.05) is 36.4 Å². The predicted molar refractivity (Wildman–Crippen MR) is 106 cm³/mol. The van der Waals surface area contributed by atoms with Crippen molar-refractivity contribution in [1.29, 1.82) is 0 Å². The van der Waals surface area contributed by atoms with Crippen molar-refractivity contribution >= 4 is 49.9 Å². The molecule has 0 radical (unpaired) electrons. The first-order valence-corrected chi connectivity index (χ1v) is 9.69. The van der Waals surface area contributed by atoms with E-state index in [1.54, 1.807) is 12.1 Å². The molecule has 3 aromatic rings. The van der Waals surface area contributed by atoms with Crippen molar-refractivity contribution in [2.45, 2.75) is 12.8 Å². The first kappa shape index (κ1) is 18.4. The van der Waals surface area contributed by atoms with Crippen LogP contribution in [-0.2, 0) is 4.79 Å². The topological polar surface area (TPSA) is 67.4 Å². The second-order valence-electron chi connectivity index (χ2n) is 5.54. The van der Waals surface area contributed by atoms with Crippen LogP contribution in [0.5, 0.6) is 5.75 Å². The summed E-state index contributed by atoms with van der Waals surface area (Å²) in [6, 6.07) is 17.4. The first-order valence-electron chi connectivity index (χ1n) is 8.08. The van der Waals surface area contributed by atoms with Gasteiger partial charge in [-0.15, -0.1) is 11.3 Å². The number of fused-ring (bicyclic) bond motifs is 1. The summed E-state index contributed by atoms with van der Waals surface area (Å²) >= 11 is 4.59. The number of amides is 2. The molecule has 0 aliphatic carbocycles. The zero-order valence-electron chi connectivity index (χ0n) is 13.8. The Hall–Kier alpha value is -2.38. The van der Waals surface area contributed by atoms with E-state index >= 15 is 0 Å². The Morgan fingerprint density at radius 1 is 1.00 bits per heavy atom. The van der Waals surface area contributed by atoms with E-state index in [9.17, 15) is 9.59 Å². The average Bonchev–Trinajstić information content (AvgIpc) is 3.10. The Morgan fingerprint density at radius 3 is 2.62 bits per heavy atom. The minimum absolute atomic E-state index is 0.254. The fourth-order valence-corrected chi connectivity index (χ4v) is 3.70. The summed E-state index contributed by atoms with van der Waals surface area (Å²) in [5.41, 5.74) is 4.82. The number of ether oxygens (including phenoxy) is 1. The van der Waals surface area contributed by atoms with Gasteiger partial charge in [0.25, 0.3) is 5.91 Å². The Bertz CT molecular complexity index is 921. The van der Waals surface area contributed by atoms with Gasteiger partial charge in [-0.2, -0.15) is 0 Å². The van der Waals surface area contributed by atoms with Crippen LogP contribution in [0.4, 0.5) is 0 Å². The van der Waals surface area contributed by atoms with E-state index in [0.29, 0.717) is 17.9 Å². The molecular weight excluding hydrogens is 416 g/mol. The maximum Gasteiger partial charge on any atom is 0.279 e. The number of rotatable bonds is 6. The van der Waals surface area contributed by atoms with E-state index in [1.807, 2.05) is 42.5 Å². The molecule has 1 heterocycles. The molecule has 0 spiro atoms. The molecule has 0 unspecified atom stereocenters. The molecule has 0 atom stereocenters. The minimum Gasteiger partial charge on any atom is -0.493 e. The Morgan fingerprint density at radius 2 is 1.81 bits per heavy atom. The molecule has 0 aliphatic heterocycles. The lowest BCUT2D eigenvalue weighted by Gasteiger charge is -2.09. The number of halogens is 1. The van der Waals surface area contributed by atoms with Crippen LogP contribution in [0.1, 0.15) is 22.5 Å². The van der Waals surface area contributed by atoms with Crippen LogP contribution in [0.15, 0.2) is 58.4 Å².